The summed E-state index contributed by atoms with van der Waals surface area (Å²) in [6, 6.07) is 4.74. The number of rotatable bonds is 8. The van der Waals surface area contributed by atoms with Crippen LogP contribution < -0.4 is 10.0 Å². The van der Waals surface area contributed by atoms with Crippen LogP contribution in [-0.4, -0.2) is 53.7 Å². The zero-order valence-electron chi connectivity index (χ0n) is 17.8. The third kappa shape index (κ3) is 4.49. The number of carbonyl (C=O) groups is 2. The van der Waals surface area contributed by atoms with E-state index in [1.807, 2.05) is 14.1 Å². The Kier molecular flexibility index (Phi) is 6.51. The number of quaternary nitrogens is 1. The SMILES string of the molecule is Cc1nc(C)c(C(=O)C2=C([O-])C(=O)N(CCC[NH+](C)C)C2c2ccc([N+](=O)[O-])cc2)s1. The van der Waals surface area contributed by atoms with Gasteiger partial charge in [-0.3, -0.25) is 19.7 Å². The summed E-state index contributed by atoms with van der Waals surface area (Å²) < 4.78 is 0. The fourth-order valence-corrected chi connectivity index (χ4v) is 4.57. The van der Waals surface area contributed by atoms with Crippen LogP contribution in [-0.2, 0) is 4.79 Å². The quantitative estimate of drug-likeness (QED) is 0.361. The highest BCUT2D eigenvalue weighted by atomic mass is 32.1. The summed E-state index contributed by atoms with van der Waals surface area (Å²) in [4.78, 5) is 43.9. The monoisotopic (exact) mass is 444 g/mol. The van der Waals surface area contributed by atoms with Gasteiger partial charge in [0.1, 0.15) is 0 Å². The molecule has 1 aromatic heterocycles. The van der Waals surface area contributed by atoms with Gasteiger partial charge in [0.15, 0.2) is 0 Å². The first-order valence-corrected chi connectivity index (χ1v) is 10.7. The van der Waals surface area contributed by atoms with E-state index in [0.29, 0.717) is 34.1 Å². The van der Waals surface area contributed by atoms with Gasteiger partial charge in [-0.25, -0.2) is 4.98 Å². The minimum Gasteiger partial charge on any atom is -0.868 e. The molecule has 1 atom stereocenters. The Morgan fingerprint density at radius 1 is 1.26 bits per heavy atom. The van der Waals surface area contributed by atoms with E-state index in [0.717, 1.165) is 6.54 Å². The zero-order chi connectivity index (χ0) is 22.9. The summed E-state index contributed by atoms with van der Waals surface area (Å²) in [5.74, 6) is -2.05. The molecule has 0 bridgehead atoms. The molecule has 2 heterocycles. The number of amides is 1. The van der Waals surface area contributed by atoms with Crippen LogP contribution in [0.4, 0.5) is 5.69 Å². The van der Waals surface area contributed by atoms with E-state index >= 15 is 0 Å². The van der Waals surface area contributed by atoms with E-state index in [9.17, 15) is 24.8 Å². The molecule has 31 heavy (non-hydrogen) atoms. The van der Waals surface area contributed by atoms with E-state index in [2.05, 4.69) is 4.98 Å². The van der Waals surface area contributed by atoms with Crippen LogP contribution >= 0.6 is 11.3 Å². The number of carbonyl (C=O) groups excluding carboxylic acids is 2. The van der Waals surface area contributed by atoms with Crippen LogP contribution in [0.3, 0.4) is 0 Å². The number of ketones is 1. The first-order chi connectivity index (χ1) is 14.6. The van der Waals surface area contributed by atoms with E-state index in [1.54, 1.807) is 13.8 Å². The van der Waals surface area contributed by atoms with Crippen LogP contribution in [0.1, 0.15) is 38.4 Å². The Hall–Kier alpha value is -3.11. The number of non-ortho nitro benzene ring substituents is 1. The van der Waals surface area contributed by atoms with Crippen molar-refractivity contribution in [3.05, 3.63) is 66.9 Å². The number of nitro benzene ring substituents is 1. The van der Waals surface area contributed by atoms with Gasteiger partial charge in [0.05, 0.1) is 47.2 Å². The predicted octanol–water partition coefficient (Wildman–Crippen LogP) is 0.583. The lowest BCUT2D eigenvalue weighted by Gasteiger charge is -2.27. The lowest BCUT2D eigenvalue weighted by Crippen LogP contribution is -3.05. The molecule has 9 nitrogen and oxygen atoms in total. The minimum atomic E-state index is -0.882. The number of hydrogen-bond acceptors (Lipinski definition) is 7. The van der Waals surface area contributed by atoms with E-state index in [4.69, 9.17) is 0 Å². The van der Waals surface area contributed by atoms with Gasteiger partial charge in [0.2, 0.25) is 11.7 Å². The second-order valence-corrected chi connectivity index (χ2v) is 8.98. The molecular weight excluding hydrogens is 420 g/mol. The smallest absolute Gasteiger partial charge is 0.269 e. The molecule has 164 valence electrons. The van der Waals surface area contributed by atoms with Gasteiger partial charge < -0.3 is 14.9 Å². The lowest BCUT2D eigenvalue weighted by molar-refractivity contribution is -0.858. The third-order valence-electron chi connectivity index (χ3n) is 5.13. The molecule has 1 unspecified atom stereocenters. The van der Waals surface area contributed by atoms with E-state index in [1.165, 1.54) is 45.4 Å². The fraction of sp³-hybridized carbons (Fsp3) is 0.381. The van der Waals surface area contributed by atoms with Crippen LogP contribution in [0.15, 0.2) is 35.6 Å². The molecule has 3 rings (SSSR count). The number of aromatic nitrogens is 1. The molecule has 1 aromatic carbocycles. The highest BCUT2D eigenvalue weighted by molar-refractivity contribution is 7.14. The summed E-state index contributed by atoms with van der Waals surface area (Å²) in [5.41, 5.74) is 0.772. The molecule has 0 spiro atoms. The number of hydrogen-bond donors (Lipinski definition) is 1. The summed E-state index contributed by atoms with van der Waals surface area (Å²) in [7, 11) is 3.97. The molecule has 1 aliphatic rings. The molecule has 1 N–H and O–H groups in total. The van der Waals surface area contributed by atoms with Gasteiger partial charge in [-0.1, -0.05) is 0 Å². The maximum Gasteiger partial charge on any atom is 0.269 e. The summed E-state index contributed by atoms with van der Waals surface area (Å²) in [5, 5.41) is 24.6. The Labute approximate surface area is 183 Å². The number of nitrogens with one attached hydrogen (secondary N) is 1. The highest BCUT2D eigenvalue weighted by Crippen LogP contribution is 2.39. The summed E-state index contributed by atoms with van der Waals surface area (Å²) in [6.07, 6.45) is 0.644. The van der Waals surface area contributed by atoms with Crippen molar-refractivity contribution >= 4 is 28.7 Å². The molecule has 1 aliphatic heterocycles. The first-order valence-electron chi connectivity index (χ1n) is 9.86. The van der Waals surface area contributed by atoms with Gasteiger partial charge in [0.25, 0.3) is 5.69 Å². The van der Waals surface area contributed by atoms with Crippen molar-refractivity contribution in [3.63, 3.8) is 0 Å². The van der Waals surface area contributed by atoms with Crippen LogP contribution in [0.5, 0.6) is 0 Å². The van der Waals surface area contributed by atoms with Crippen LogP contribution in [0.25, 0.3) is 0 Å². The molecule has 0 radical (unpaired) electrons. The highest BCUT2D eigenvalue weighted by Gasteiger charge is 2.40. The van der Waals surface area contributed by atoms with E-state index in [-0.39, 0.29) is 11.3 Å². The molecule has 0 saturated carbocycles. The predicted molar refractivity (Wildman–Crippen MR) is 113 cm³/mol. The van der Waals surface area contributed by atoms with E-state index < -0.39 is 28.4 Å². The number of benzene rings is 1. The van der Waals surface area contributed by atoms with Crippen molar-refractivity contribution in [2.45, 2.75) is 26.3 Å². The van der Waals surface area contributed by atoms with Crippen molar-refractivity contribution < 1.29 is 24.5 Å². The molecule has 2 aromatic rings. The fourth-order valence-electron chi connectivity index (χ4n) is 3.69. The van der Waals surface area contributed by atoms with Gasteiger partial charge in [-0.15, -0.1) is 11.3 Å². The molecule has 10 heteroatoms. The third-order valence-corrected chi connectivity index (χ3v) is 6.21. The van der Waals surface area contributed by atoms with Gasteiger partial charge in [-0.05, 0) is 37.3 Å². The Balaban J connectivity index is 2.05. The second-order valence-electron chi connectivity index (χ2n) is 7.78. The van der Waals surface area contributed by atoms with Crippen molar-refractivity contribution in [1.29, 1.82) is 0 Å². The number of aryl methyl sites for hydroxylation is 2. The topological polar surface area (TPSA) is 121 Å². The summed E-state index contributed by atoms with van der Waals surface area (Å²) >= 11 is 1.18. The molecule has 1 amide bonds. The molecule has 0 saturated heterocycles. The Morgan fingerprint density at radius 2 is 1.90 bits per heavy atom. The molecule has 0 fully saturated rings. The number of nitro groups is 1. The lowest BCUT2D eigenvalue weighted by atomic mass is 9.95. The van der Waals surface area contributed by atoms with Gasteiger partial charge in [-0.2, -0.15) is 0 Å². The van der Waals surface area contributed by atoms with Crippen LogP contribution in [0.2, 0.25) is 0 Å². The minimum absolute atomic E-state index is 0.107. The normalized spacial score (nSPS) is 16.5. The Bertz CT molecular complexity index is 1060. The average Bonchev–Trinajstić information content (AvgIpc) is 3.17. The largest absolute Gasteiger partial charge is 0.868 e. The van der Waals surface area contributed by atoms with Gasteiger partial charge >= 0.3 is 0 Å². The van der Waals surface area contributed by atoms with Crippen molar-refractivity contribution in [2.24, 2.45) is 0 Å². The van der Waals surface area contributed by atoms with Crippen molar-refractivity contribution in [1.82, 2.24) is 9.88 Å². The second kappa shape index (κ2) is 8.94. The number of thiazole rings is 1. The molecule has 0 aliphatic carbocycles. The number of Topliss-reactive ketones (excluding diaryl/α,β-unsaturated/α-hetero) is 1. The average molecular weight is 445 g/mol. The van der Waals surface area contributed by atoms with Crippen molar-refractivity contribution in [3.8, 4) is 0 Å². The maximum absolute atomic E-state index is 13.3. The standard InChI is InChI=1S/C21H24N4O5S/c1-12-20(31-13(2)22-12)18(26)16-17(14-6-8-15(9-7-14)25(29)30)24(21(28)19(16)27)11-5-10-23(3)4/h6-9,17,27H,5,10-11H2,1-4H3. The van der Waals surface area contributed by atoms with Crippen molar-refractivity contribution in [2.75, 3.05) is 27.2 Å². The molecular formula is C21H24N4O5S. The first kappa shape index (κ1) is 22.6. The van der Waals surface area contributed by atoms with Gasteiger partial charge in [0, 0.05) is 30.7 Å². The number of nitrogens with zero attached hydrogens (tertiary/aromatic N) is 3. The van der Waals surface area contributed by atoms with Crippen LogP contribution in [0, 0.1) is 24.0 Å². The zero-order valence-corrected chi connectivity index (χ0v) is 18.6. The maximum atomic E-state index is 13.3. The summed E-state index contributed by atoms with van der Waals surface area (Å²) in [6.45, 7) is 4.54. The Morgan fingerprint density at radius 3 is 2.42 bits per heavy atom.